The van der Waals surface area contributed by atoms with Crippen molar-refractivity contribution >= 4 is 17.4 Å². The summed E-state index contributed by atoms with van der Waals surface area (Å²) >= 11 is 1.94. The first-order chi connectivity index (χ1) is 10.9. The normalized spacial score (nSPS) is 28.5. The molecule has 1 aromatic carbocycles. The van der Waals surface area contributed by atoms with Crippen molar-refractivity contribution in [3.63, 3.8) is 0 Å². The first kappa shape index (κ1) is 14.6. The third-order valence-electron chi connectivity index (χ3n) is 5.45. The van der Waals surface area contributed by atoms with Gasteiger partial charge in [0, 0.05) is 30.1 Å². The van der Waals surface area contributed by atoms with Crippen LogP contribution in [0.3, 0.4) is 0 Å². The van der Waals surface area contributed by atoms with Gasteiger partial charge in [0.1, 0.15) is 0 Å². The molecule has 0 bridgehead atoms. The Bertz CT molecular complexity index is 537. The molecule has 22 heavy (non-hydrogen) atoms. The number of fused-ring (bicyclic) bond motifs is 1. The summed E-state index contributed by atoms with van der Waals surface area (Å²) in [5.41, 5.74) is 4.32. The third-order valence-corrected chi connectivity index (χ3v) is 6.39. The van der Waals surface area contributed by atoms with Crippen LogP contribution in [0.15, 0.2) is 35.2 Å². The number of hydrogen-bond donors (Lipinski definition) is 1. The van der Waals surface area contributed by atoms with Gasteiger partial charge in [0.25, 0.3) is 0 Å². The molecule has 2 nitrogen and oxygen atoms in total. The van der Waals surface area contributed by atoms with E-state index in [2.05, 4.69) is 39.9 Å². The molecule has 0 saturated carbocycles. The first-order valence-electron chi connectivity index (χ1n) is 8.79. The zero-order valence-corrected chi connectivity index (χ0v) is 14.1. The number of benzene rings is 1. The van der Waals surface area contributed by atoms with E-state index < -0.39 is 0 Å². The number of piperidine rings is 1. The van der Waals surface area contributed by atoms with E-state index in [9.17, 15) is 0 Å². The van der Waals surface area contributed by atoms with Gasteiger partial charge >= 0.3 is 0 Å². The molecule has 0 aliphatic carbocycles. The maximum absolute atomic E-state index is 3.57. The highest BCUT2D eigenvalue weighted by atomic mass is 32.2. The second-order valence-electron chi connectivity index (χ2n) is 6.85. The molecule has 0 unspecified atom stereocenters. The van der Waals surface area contributed by atoms with Crippen LogP contribution in [0.2, 0.25) is 0 Å². The second-order valence-corrected chi connectivity index (χ2v) is 7.83. The molecule has 3 aliphatic heterocycles. The fraction of sp³-hybridized carbons (Fsp3) is 0.579. The van der Waals surface area contributed by atoms with E-state index in [1.54, 1.807) is 5.57 Å². The molecule has 0 radical (unpaired) electrons. The second kappa shape index (κ2) is 6.67. The van der Waals surface area contributed by atoms with Crippen molar-refractivity contribution in [3.05, 3.63) is 40.8 Å². The van der Waals surface area contributed by atoms with Gasteiger partial charge in [-0.25, -0.2) is 0 Å². The molecule has 0 amide bonds. The fourth-order valence-electron chi connectivity index (χ4n) is 4.21. The van der Waals surface area contributed by atoms with Gasteiger partial charge in [-0.15, -0.1) is 11.8 Å². The summed E-state index contributed by atoms with van der Waals surface area (Å²) in [5, 5.41) is 5.88. The van der Waals surface area contributed by atoms with Gasteiger partial charge in [0.05, 0.1) is 0 Å². The predicted molar refractivity (Wildman–Crippen MR) is 96.4 cm³/mol. The minimum Gasteiger partial charge on any atom is -0.381 e. The number of anilines is 1. The lowest BCUT2D eigenvalue weighted by Crippen LogP contribution is -2.35. The van der Waals surface area contributed by atoms with E-state index in [0.717, 1.165) is 12.6 Å². The van der Waals surface area contributed by atoms with Crippen molar-refractivity contribution in [3.8, 4) is 0 Å². The van der Waals surface area contributed by atoms with Crippen LogP contribution in [0.5, 0.6) is 0 Å². The molecule has 2 saturated heterocycles. The number of hydrogen-bond acceptors (Lipinski definition) is 3. The van der Waals surface area contributed by atoms with E-state index >= 15 is 0 Å². The van der Waals surface area contributed by atoms with Crippen LogP contribution < -0.4 is 5.32 Å². The van der Waals surface area contributed by atoms with Crippen LogP contribution in [-0.2, 0) is 0 Å². The molecule has 118 valence electrons. The largest absolute Gasteiger partial charge is 0.381 e. The Morgan fingerprint density at radius 2 is 2.00 bits per heavy atom. The number of rotatable bonds is 4. The van der Waals surface area contributed by atoms with Gasteiger partial charge in [0.2, 0.25) is 0 Å². The van der Waals surface area contributed by atoms with Crippen LogP contribution >= 0.6 is 11.8 Å². The maximum Gasteiger partial charge on any atom is 0.0368 e. The Kier molecular flexibility index (Phi) is 4.44. The van der Waals surface area contributed by atoms with E-state index in [4.69, 9.17) is 0 Å². The zero-order valence-electron chi connectivity index (χ0n) is 13.3. The Hall–Kier alpha value is -0.930. The SMILES string of the molecule is C1=C(CNc2ccc([C@H]3CC[C@H]4CCCCN43)cc2)CCS1. The fourth-order valence-corrected chi connectivity index (χ4v) is 5.15. The van der Waals surface area contributed by atoms with Crippen LogP contribution in [0.25, 0.3) is 0 Å². The van der Waals surface area contributed by atoms with Crippen LogP contribution in [0, 0.1) is 0 Å². The van der Waals surface area contributed by atoms with Crippen molar-refractivity contribution in [2.45, 2.75) is 50.6 Å². The molecule has 0 spiro atoms. The average molecular weight is 314 g/mol. The summed E-state index contributed by atoms with van der Waals surface area (Å²) < 4.78 is 0. The van der Waals surface area contributed by atoms with E-state index in [1.165, 1.54) is 62.1 Å². The molecule has 3 heteroatoms. The van der Waals surface area contributed by atoms with Crippen molar-refractivity contribution in [2.24, 2.45) is 0 Å². The summed E-state index contributed by atoms with van der Waals surface area (Å²) in [7, 11) is 0. The molecular weight excluding hydrogens is 288 g/mol. The van der Waals surface area contributed by atoms with Gasteiger partial charge < -0.3 is 5.32 Å². The topological polar surface area (TPSA) is 15.3 Å². The van der Waals surface area contributed by atoms with Crippen molar-refractivity contribution in [1.29, 1.82) is 0 Å². The summed E-state index contributed by atoms with van der Waals surface area (Å²) in [4.78, 5) is 2.77. The number of nitrogens with zero attached hydrogens (tertiary/aromatic N) is 1. The smallest absolute Gasteiger partial charge is 0.0368 e. The molecule has 3 heterocycles. The van der Waals surface area contributed by atoms with Crippen LogP contribution in [0.1, 0.15) is 50.1 Å². The van der Waals surface area contributed by atoms with E-state index in [-0.39, 0.29) is 0 Å². The highest BCUT2D eigenvalue weighted by Crippen LogP contribution is 2.40. The molecule has 0 aromatic heterocycles. The average Bonchev–Trinajstić information content (AvgIpc) is 3.23. The van der Waals surface area contributed by atoms with Gasteiger partial charge in [-0.3, -0.25) is 4.90 Å². The molecule has 1 N–H and O–H groups in total. The van der Waals surface area contributed by atoms with E-state index in [1.807, 2.05) is 11.8 Å². The third kappa shape index (κ3) is 3.07. The van der Waals surface area contributed by atoms with Gasteiger partial charge in [-0.05, 0) is 67.3 Å². The van der Waals surface area contributed by atoms with E-state index in [0.29, 0.717) is 6.04 Å². The molecule has 2 atom stereocenters. The summed E-state index contributed by atoms with van der Waals surface area (Å²) in [6.07, 6.45) is 8.24. The lowest BCUT2D eigenvalue weighted by Gasteiger charge is -2.34. The lowest BCUT2D eigenvalue weighted by molar-refractivity contribution is 0.150. The van der Waals surface area contributed by atoms with Gasteiger partial charge in [0.15, 0.2) is 0 Å². The Labute approximate surface area is 138 Å². The Morgan fingerprint density at radius 1 is 1.09 bits per heavy atom. The first-order valence-corrected chi connectivity index (χ1v) is 9.84. The maximum atomic E-state index is 3.57. The van der Waals surface area contributed by atoms with Crippen molar-refractivity contribution < 1.29 is 0 Å². The number of nitrogens with one attached hydrogen (secondary N) is 1. The molecule has 1 aromatic rings. The number of thioether (sulfide) groups is 1. The van der Waals surface area contributed by atoms with Crippen LogP contribution in [-0.4, -0.2) is 29.8 Å². The monoisotopic (exact) mass is 314 g/mol. The minimum atomic E-state index is 0.674. The zero-order chi connectivity index (χ0) is 14.8. The molecule has 2 fully saturated rings. The minimum absolute atomic E-state index is 0.674. The summed E-state index contributed by atoms with van der Waals surface area (Å²) in [5.74, 6) is 1.26. The molecular formula is C19H26N2S. The van der Waals surface area contributed by atoms with Gasteiger partial charge in [-0.1, -0.05) is 18.6 Å². The molecule has 4 rings (SSSR count). The van der Waals surface area contributed by atoms with Crippen molar-refractivity contribution in [1.82, 2.24) is 4.90 Å². The Morgan fingerprint density at radius 3 is 2.82 bits per heavy atom. The van der Waals surface area contributed by atoms with Gasteiger partial charge in [-0.2, -0.15) is 0 Å². The van der Waals surface area contributed by atoms with Crippen LogP contribution in [0.4, 0.5) is 5.69 Å². The van der Waals surface area contributed by atoms with Crippen molar-refractivity contribution in [2.75, 3.05) is 24.2 Å². The summed E-state index contributed by atoms with van der Waals surface area (Å²) in [6.45, 7) is 2.31. The highest BCUT2D eigenvalue weighted by Gasteiger charge is 2.35. The lowest BCUT2D eigenvalue weighted by atomic mass is 10.0. The highest BCUT2D eigenvalue weighted by molar-refractivity contribution is 8.02. The Balaban J connectivity index is 1.39. The quantitative estimate of drug-likeness (QED) is 0.858. The summed E-state index contributed by atoms with van der Waals surface area (Å²) in [6, 6.07) is 10.8. The molecule has 3 aliphatic rings. The standard InChI is InChI=1S/C19H26N2S/c1-2-11-21-18(3-1)8-9-19(21)16-4-6-17(7-5-16)20-13-15-10-12-22-14-15/h4-7,14,18-20H,1-3,8-13H2/t18-,19-/m1/s1. The predicted octanol–water partition coefficient (Wildman–Crippen LogP) is 4.81.